The third-order valence-electron chi connectivity index (χ3n) is 3.76. The third kappa shape index (κ3) is 4.92. The lowest BCUT2D eigenvalue weighted by molar-refractivity contribution is -0.142. The minimum absolute atomic E-state index is 0.381. The van der Waals surface area contributed by atoms with Crippen LogP contribution in [-0.2, 0) is 14.3 Å². The minimum atomic E-state index is -0.608. The van der Waals surface area contributed by atoms with E-state index >= 15 is 0 Å². The number of esters is 1. The number of hydrogen-bond acceptors (Lipinski definition) is 5. The van der Waals surface area contributed by atoms with Gasteiger partial charge in [0, 0.05) is 35.0 Å². The molecular weight excluding hydrogens is 344 g/mol. The summed E-state index contributed by atoms with van der Waals surface area (Å²) in [4.78, 5) is 28.1. The lowest BCUT2D eigenvalue weighted by atomic mass is 10.1. The summed E-state index contributed by atoms with van der Waals surface area (Å²) in [5.41, 5.74) is 2.15. The van der Waals surface area contributed by atoms with Gasteiger partial charge in [0.25, 0.3) is 5.91 Å². The molecule has 1 amide bonds. The summed E-state index contributed by atoms with van der Waals surface area (Å²) in [5, 5.41) is 3.62. The van der Waals surface area contributed by atoms with Gasteiger partial charge in [0.1, 0.15) is 5.75 Å². The van der Waals surface area contributed by atoms with Gasteiger partial charge >= 0.3 is 5.97 Å². The molecule has 0 spiro atoms. The number of para-hydroxylation sites is 1. The lowest BCUT2D eigenvalue weighted by Gasteiger charge is -2.07. The van der Waals surface area contributed by atoms with Gasteiger partial charge in [-0.1, -0.05) is 30.3 Å². The maximum atomic E-state index is 11.9. The van der Waals surface area contributed by atoms with Crippen LogP contribution in [-0.4, -0.2) is 30.6 Å². The Morgan fingerprint density at radius 1 is 1.11 bits per heavy atom. The van der Waals surface area contributed by atoms with Gasteiger partial charge in [-0.25, -0.2) is 4.79 Å². The van der Waals surface area contributed by atoms with Crippen LogP contribution < -0.4 is 10.1 Å². The molecule has 0 aliphatic rings. The van der Waals surface area contributed by atoms with E-state index in [1.165, 1.54) is 6.08 Å². The molecule has 0 aliphatic heterocycles. The van der Waals surface area contributed by atoms with Crippen LogP contribution in [0.5, 0.6) is 5.75 Å². The van der Waals surface area contributed by atoms with Crippen molar-refractivity contribution < 1.29 is 19.1 Å². The molecule has 0 saturated carbocycles. The van der Waals surface area contributed by atoms with Crippen molar-refractivity contribution in [2.24, 2.45) is 0 Å². The van der Waals surface area contributed by atoms with Crippen molar-refractivity contribution in [2.75, 3.05) is 19.0 Å². The Morgan fingerprint density at radius 3 is 2.78 bits per heavy atom. The van der Waals surface area contributed by atoms with Gasteiger partial charge in [-0.05, 0) is 24.3 Å². The van der Waals surface area contributed by atoms with E-state index in [1.54, 1.807) is 43.6 Å². The highest BCUT2D eigenvalue weighted by molar-refractivity contribution is 5.96. The third-order valence-corrected chi connectivity index (χ3v) is 3.76. The van der Waals surface area contributed by atoms with Crippen molar-refractivity contribution in [1.82, 2.24) is 4.98 Å². The van der Waals surface area contributed by atoms with Gasteiger partial charge < -0.3 is 14.8 Å². The van der Waals surface area contributed by atoms with Crippen LogP contribution in [0, 0.1) is 0 Å². The first-order chi connectivity index (χ1) is 13.2. The number of amides is 1. The van der Waals surface area contributed by atoms with Crippen LogP contribution in [0.4, 0.5) is 5.69 Å². The molecule has 1 heterocycles. The van der Waals surface area contributed by atoms with Gasteiger partial charge in [-0.15, -0.1) is 0 Å². The van der Waals surface area contributed by atoms with Crippen LogP contribution >= 0.6 is 0 Å². The average Bonchev–Trinajstić information content (AvgIpc) is 2.70. The Labute approximate surface area is 156 Å². The molecule has 136 valence electrons. The maximum absolute atomic E-state index is 11.9. The number of pyridine rings is 1. The number of fused-ring (bicyclic) bond motifs is 1. The van der Waals surface area contributed by atoms with Gasteiger partial charge in [0.05, 0.1) is 12.6 Å². The van der Waals surface area contributed by atoms with E-state index in [2.05, 4.69) is 10.3 Å². The number of carbonyl (C=O) groups excluding carboxylic acids is 2. The lowest BCUT2D eigenvalue weighted by Crippen LogP contribution is -2.20. The van der Waals surface area contributed by atoms with E-state index in [0.29, 0.717) is 11.4 Å². The molecule has 0 aliphatic carbocycles. The fourth-order valence-corrected chi connectivity index (χ4v) is 2.50. The first-order valence-corrected chi connectivity index (χ1v) is 8.28. The highest BCUT2D eigenvalue weighted by atomic mass is 16.5. The molecule has 3 rings (SSSR count). The fourth-order valence-electron chi connectivity index (χ4n) is 2.50. The molecular formula is C21H18N2O4. The summed E-state index contributed by atoms with van der Waals surface area (Å²) in [5.74, 6) is -0.419. The predicted molar refractivity (Wildman–Crippen MR) is 103 cm³/mol. The fraction of sp³-hybridized carbons (Fsp3) is 0.0952. The molecule has 6 heteroatoms. The van der Waals surface area contributed by atoms with Crippen molar-refractivity contribution in [3.8, 4) is 5.75 Å². The Morgan fingerprint density at radius 2 is 1.93 bits per heavy atom. The second kappa shape index (κ2) is 8.62. The first kappa shape index (κ1) is 18.1. The highest BCUT2D eigenvalue weighted by Gasteiger charge is 2.07. The smallest absolute Gasteiger partial charge is 0.331 e. The van der Waals surface area contributed by atoms with Crippen LogP contribution in [0.3, 0.4) is 0 Å². The molecule has 0 radical (unpaired) electrons. The van der Waals surface area contributed by atoms with E-state index < -0.39 is 11.9 Å². The van der Waals surface area contributed by atoms with Crippen LogP contribution in [0.25, 0.3) is 17.0 Å². The van der Waals surface area contributed by atoms with E-state index in [4.69, 9.17) is 9.47 Å². The van der Waals surface area contributed by atoms with Crippen molar-refractivity contribution in [1.29, 1.82) is 0 Å². The van der Waals surface area contributed by atoms with Crippen molar-refractivity contribution in [2.45, 2.75) is 0 Å². The second-order valence-electron chi connectivity index (χ2n) is 5.64. The van der Waals surface area contributed by atoms with Gasteiger partial charge in [-0.2, -0.15) is 0 Å². The van der Waals surface area contributed by atoms with Gasteiger partial charge in [-0.3, -0.25) is 9.78 Å². The maximum Gasteiger partial charge on any atom is 0.331 e. The number of ether oxygens (including phenoxy) is 2. The van der Waals surface area contributed by atoms with Crippen molar-refractivity contribution >= 4 is 34.5 Å². The zero-order valence-electron chi connectivity index (χ0n) is 14.7. The second-order valence-corrected chi connectivity index (χ2v) is 5.64. The van der Waals surface area contributed by atoms with E-state index in [9.17, 15) is 9.59 Å². The summed E-state index contributed by atoms with van der Waals surface area (Å²) in [6, 6.07) is 16.4. The normalized spacial score (nSPS) is 10.7. The molecule has 0 atom stereocenters. The number of aromatic nitrogens is 1. The summed E-state index contributed by atoms with van der Waals surface area (Å²) in [7, 11) is 1.54. The zero-order valence-corrected chi connectivity index (χ0v) is 14.7. The topological polar surface area (TPSA) is 77.5 Å². The predicted octanol–water partition coefficient (Wildman–Crippen LogP) is 3.44. The molecule has 1 N–H and O–H groups in total. The minimum Gasteiger partial charge on any atom is -0.497 e. The molecule has 2 aromatic carbocycles. The largest absolute Gasteiger partial charge is 0.497 e. The Balaban J connectivity index is 1.56. The number of nitrogens with one attached hydrogen (secondary N) is 1. The number of methoxy groups -OCH3 is 1. The Kier molecular flexibility index (Phi) is 5.79. The van der Waals surface area contributed by atoms with E-state index in [1.807, 2.05) is 30.3 Å². The number of carbonyl (C=O) groups is 2. The quantitative estimate of drug-likeness (QED) is 0.537. The molecule has 6 nitrogen and oxygen atoms in total. The molecule has 0 fully saturated rings. The van der Waals surface area contributed by atoms with Gasteiger partial charge in [0.15, 0.2) is 6.61 Å². The Hall–Kier alpha value is -3.67. The molecule has 0 unspecified atom stereocenters. The van der Waals surface area contributed by atoms with Crippen molar-refractivity contribution in [3.63, 3.8) is 0 Å². The van der Waals surface area contributed by atoms with E-state index in [0.717, 1.165) is 16.5 Å². The summed E-state index contributed by atoms with van der Waals surface area (Å²) >= 11 is 0. The molecule has 27 heavy (non-hydrogen) atoms. The summed E-state index contributed by atoms with van der Waals surface area (Å²) < 4.78 is 10.1. The molecule has 0 bridgehead atoms. The molecule has 1 aromatic heterocycles. The van der Waals surface area contributed by atoms with Crippen molar-refractivity contribution in [3.05, 3.63) is 72.4 Å². The monoisotopic (exact) mass is 362 g/mol. The Bertz CT molecular complexity index is 993. The zero-order chi connectivity index (χ0) is 19.1. The number of anilines is 1. The molecule has 0 saturated heterocycles. The summed E-state index contributed by atoms with van der Waals surface area (Å²) in [6.45, 7) is -0.381. The average molecular weight is 362 g/mol. The highest BCUT2D eigenvalue weighted by Crippen LogP contribution is 2.18. The van der Waals surface area contributed by atoms with Gasteiger partial charge in [0.2, 0.25) is 0 Å². The van der Waals surface area contributed by atoms with Crippen LogP contribution in [0.15, 0.2) is 66.9 Å². The van der Waals surface area contributed by atoms with E-state index in [-0.39, 0.29) is 6.61 Å². The summed E-state index contributed by atoms with van der Waals surface area (Å²) in [6.07, 6.45) is 4.60. The van der Waals surface area contributed by atoms with Crippen LogP contribution in [0.2, 0.25) is 0 Å². The molecule has 3 aromatic rings. The first-order valence-electron chi connectivity index (χ1n) is 8.28. The number of hydrogen-bond donors (Lipinski definition) is 1. The SMILES string of the molecule is COc1cccc(NC(=O)COC(=O)/C=C/c2cccc3cccnc23)c1. The van der Waals surface area contributed by atoms with Crippen LogP contribution in [0.1, 0.15) is 5.56 Å². The number of nitrogens with zero attached hydrogens (tertiary/aromatic N) is 1. The number of rotatable bonds is 6. The number of benzene rings is 2. The standard InChI is InChI=1S/C21H18N2O4/c1-26-18-9-3-8-17(13-18)23-19(24)14-27-20(25)11-10-16-6-2-5-15-7-4-12-22-21(15)16/h2-13H,14H2,1H3,(H,23,24)/b11-10+.